The standard InChI is InChI=1S/2C5H10N.C5H6N.3CHNS.Cr/c3*1-2-4-6-5-3-1;3*2-1-3;/h2*1-5H2;1-4H,5H2;3*3H;/q3*-1;;;;+6/p-3. The summed E-state index contributed by atoms with van der Waals surface area (Å²) in [7, 11) is 0. The average Bonchev–Trinajstić information content (AvgIpc) is 2.75. The van der Waals surface area contributed by atoms with Crippen molar-refractivity contribution in [3.05, 3.63) is 40.4 Å². The molecule has 0 N–H and O–H groups in total. The molecule has 3 rings (SSSR count). The van der Waals surface area contributed by atoms with Crippen LogP contribution in [-0.2, 0) is 55.2 Å². The number of hydrogen-bond donors (Lipinski definition) is 0. The molecule has 3 aliphatic heterocycles. The Morgan fingerprint density at radius 3 is 1.07 bits per heavy atom. The van der Waals surface area contributed by atoms with Crippen LogP contribution in [0.3, 0.4) is 0 Å². The van der Waals surface area contributed by atoms with Gasteiger partial charge in [-0.1, -0.05) is 66.9 Å². The molecule has 152 valence electrons. The Kier molecular flexibility index (Phi) is 49.7. The van der Waals surface area contributed by atoms with Crippen LogP contribution in [0.5, 0.6) is 0 Å². The molecule has 0 atom stereocenters. The SMILES string of the molecule is C1=CC[N-]C=C1.C1CC[N-]CC1.C1CC[N-]CC1.N#C[S-].N#C[S-].N#C[S-].[Cr+6]. The zero-order chi connectivity index (χ0) is 20.8. The van der Waals surface area contributed by atoms with Crippen molar-refractivity contribution in [2.24, 2.45) is 0 Å². The summed E-state index contributed by atoms with van der Waals surface area (Å²) in [4.78, 5) is 0. The summed E-state index contributed by atoms with van der Waals surface area (Å²) in [6.45, 7) is 5.36. The molecule has 0 bridgehead atoms. The Morgan fingerprint density at radius 2 is 1.00 bits per heavy atom. The van der Waals surface area contributed by atoms with Gasteiger partial charge in [0.1, 0.15) is 0 Å². The summed E-state index contributed by atoms with van der Waals surface area (Å²) in [6, 6.07) is 0. The van der Waals surface area contributed by atoms with Crippen LogP contribution in [0.2, 0.25) is 0 Å². The Morgan fingerprint density at radius 1 is 0.643 bits per heavy atom. The molecular weight excluding hydrogens is 448 g/mol. The molecule has 0 spiro atoms. The van der Waals surface area contributed by atoms with Crippen LogP contribution < -0.4 is 0 Å². The second kappa shape index (κ2) is 40.5. The van der Waals surface area contributed by atoms with Crippen molar-refractivity contribution in [3.63, 3.8) is 0 Å². The van der Waals surface area contributed by atoms with Crippen molar-refractivity contribution in [3.8, 4) is 16.2 Å². The predicted octanol–water partition coefficient (Wildman–Crippen LogP) is 4.57. The minimum Gasteiger partial charge on any atom is -0.696 e. The fourth-order valence-corrected chi connectivity index (χ4v) is 1.84. The fourth-order valence-electron chi connectivity index (χ4n) is 1.84. The summed E-state index contributed by atoms with van der Waals surface area (Å²) in [6.07, 6.45) is 15.9. The summed E-state index contributed by atoms with van der Waals surface area (Å²) in [5.74, 6) is 0. The number of nitriles is 3. The first-order chi connectivity index (χ1) is 13.2. The normalized spacial score (nSPS) is 14.8. The van der Waals surface area contributed by atoms with Crippen molar-refractivity contribution in [2.45, 2.75) is 38.5 Å². The fraction of sp³-hybridized carbons (Fsp3) is 0.611. The van der Waals surface area contributed by atoms with Gasteiger partial charge in [0.25, 0.3) is 0 Å². The molecule has 0 radical (unpaired) electrons. The van der Waals surface area contributed by atoms with E-state index in [-0.39, 0.29) is 17.4 Å². The second-order valence-electron chi connectivity index (χ2n) is 4.87. The Hall–Kier alpha value is -1.14. The molecule has 3 aliphatic rings. The minimum atomic E-state index is 0. The maximum atomic E-state index is 7.13. The number of thiocyanates is 3. The van der Waals surface area contributed by atoms with Gasteiger partial charge in [-0.3, -0.25) is 0 Å². The van der Waals surface area contributed by atoms with E-state index in [4.69, 9.17) is 15.8 Å². The van der Waals surface area contributed by atoms with E-state index in [2.05, 4.69) is 53.8 Å². The quantitative estimate of drug-likeness (QED) is 0.375. The first-order valence-corrected chi connectivity index (χ1v) is 9.76. The van der Waals surface area contributed by atoms with Crippen LogP contribution in [0, 0.1) is 32.0 Å². The Balaban J connectivity index is -0.000000127. The zero-order valence-corrected chi connectivity index (χ0v) is 19.6. The van der Waals surface area contributed by atoms with Crippen molar-refractivity contribution in [2.75, 3.05) is 32.7 Å². The van der Waals surface area contributed by atoms with Gasteiger partial charge in [0.15, 0.2) is 0 Å². The van der Waals surface area contributed by atoms with Crippen LogP contribution in [0.1, 0.15) is 38.5 Å². The monoisotopic (exact) mass is 474 g/mol. The maximum absolute atomic E-state index is 7.13. The van der Waals surface area contributed by atoms with Crippen molar-refractivity contribution >= 4 is 37.9 Å². The molecule has 2 saturated heterocycles. The van der Waals surface area contributed by atoms with E-state index in [1.54, 1.807) is 6.20 Å². The van der Waals surface area contributed by atoms with Crippen molar-refractivity contribution < 1.29 is 17.4 Å². The molecule has 0 aromatic carbocycles. The summed E-state index contributed by atoms with van der Waals surface area (Å²) in [5.41, 5.74) is 0. The summed E-state index contributed by atoms with van der Waals surface area (Å²) < 4.78 is 0. The van der Waals surface area contributed by atoms with Gasteiger partial charge in [0.05, 0.1) is 0 Å². The molecule has 0 aromatic heterocycles. The van der Waals surface area contributed by atoms with Crippen LogP contribution in [0.4, 0.5) is 0 Å². The van der Waals surface area contributed by atoms with E-state index in [0.717, 1.165) is 32.7 Å². The molecule has 2 fully saturated rings. The molecule has 28 heavy (non-hydrogen) atoms. The van der Waals surface area contributed by atoms with Gasteiger partial charge in [-0.2, -0.15) is 6.20 Å². The van der Waals surface area contributed by atoms with E-state index < -0.39 is 0 Å². The molecule has 0 saturated carbocycles. The van der Waals surface area contributed by atoms with Crippen LogP contribution >= 0.6 is 0 Å². The Bertz CT molecular complexity index is 372. The van der Waals surface area contributed by atoms with Crippen LogP contribution in [0.25, 0.3) is 16.0 Å². The predicted molar refractivity (Wildman–Crippen MR) is 119 cm³/mol. The largest absolute Gasteiger partial charge is 6.00 e. The first-order valence-electron chi connectivity index (χ1n) is 8.53. The van der Waals surface area contributed by atoms with Gasteiger partial charge in [0, 0.05) is 0 Å². The number of nitrogens with zero attached hydrogens (tertiary/aromatic N) is 6. The van der Waals surface area contributed by atoms with Gasteiger partial charge in [-0.25, -0.2) is 15.8 Å². The van der Waals surface area contributed by atoms with Gasteiger partial charge >= 0.3 is 17.4 Å². The third-order valence-electron chi connectivity index (χ3n) is 2.91. The molecule has 0 amide bonds. The van der Waals surface area contributed by atoms with Crippen LogP contribution in [-0.4, -0.2) is 32.7 Å². The number of rotatable bonds is 0. The number of allylic oxidation sites excluding steroid dienone is 2. The number of piperidine rings is 2. The Labute approximate surface area is 198 Å². The van der Waals surface area contributed by atoms with Gasteiger partial charge in [-0.05, 0) is 0 Å². The van der Waals surface area contributed by atoms with E-state index in [1.807, 2.05) is 18.2 Å². The van der Waals surface area contributed by atoms with E-state index in [1.165, 1.54) is 54.7 Å². The summed E-state index contributed by atoms with van der Waals surface area (Å²) >= 11 is 11.1. The molecule has 6 nitrogen and oxygen atoms in total. The summed E-state index contributed by atoms with van der Waals surface area (Å²) in [5, 5.41) is 37.7. The molecular formula is C18H26CrN6S3. The number of hydrogen-bond acceptors (Lipinski definition) is 6. The minimum absolute atomic E-state index is 0. The smallest absolute Gasteiger partial charge is 0.696 e. The molecule has 10 heteroatoms. The van der Waals surface area contributed by atoms with Gasteiger partial charge < -0.3 is 53.8 Å². The first kappa shape index (κ1) is 34.4. The zero-order valence-electron chi connectivity index (χ0n) is 15.9. The van der Waals surface area contributed by atoms with Crippen molar-refractivity contribution in [1.82, 2.24) is 0 Å². The molecule has 3 heterocycles. The molecule has 0 aliphatic carbocycles. The molecule has 0 aromatic rings. The van der Waals surface area contributed by atoms with Crippen molar-refractivity contribution in [1.29, 1.82) is 15.8 Å². The topological polar surface area (TPSA) is 114 Å². The maximum Gasteiger partial charge on any atom is 6.00 e. The second-order valence-corrected chi connectivity index (χ2v) is 5.42. The van der Waals surface area contributed by atoms with Gasteiger partial charge in [0.2, 0.25) is 0 Å². The van der Waals surface area contributed by atoms with Gasteiger partial charge in [-0.15, -0.1) is 38.8 Å². The molecule has 0 unspecified atom stereocenters. The third kappa shape index (κ3) is 49.8. The van der Waals surface area contributed by atoms with E-state index in [0.29, 0.717) is 0 Å². The third-order valence-corrected chi connectivity index (χ3v) is 2.91. The van der Waals surface area contributed by atoms with E-state index >= 15 is 0 Å². The average molecular weight is 475 g/mol. The van der Waals surface area contributed by atoms with E-state index in [9.17, 15) is 0 Å². The van der Waals surface area contributed by atoms with Crippen LogP contribution in [0.15, 0.2) is 24.4 Å².